The summed E-state index contributed by atoms with van der Waals surface area (Å²) in [7, 11) is 2.14. The van der Waals surface area contributed by atoms with Crippen molar-refractivity contribution in [3.8, 4) is 0 Å². The molecule has 1 aromatic heterocycles. The predicted molar refractivity (Wildman–Crippen MR) is 101 cm³/mol. The number of piperidine rings is 2. The first-order valence-electron chi connectivity index (χ1n) is 9.76. The lowest BCUT2D eigenvalue weighted by Gasteiger charge is -2.36. The fourth-order valence-electron chi connectivity index (χ4n) is 4.50. The van der Waals surface area contributed by atoms with Gasteiger partial charge in [-0.1, -0.05) is 18.6 Å². The van der Waals surface area contributed by atoms with E-state index < -0.39 is 0 Å². The van der Waals surface area contributed by atoms with Crippen LogP contribution in [-0.4, -0.2) is 47.1 Å². The minimum atomic E-state index is 0.926. The summed E-state index contributed by atoms with van der Waals surface area (Å²) in [5.74, 6) is 0.926. The van der Waals surface area contributed by atoms with Crippen molar-refractivity contribution in [1.29, 1.82) is 0 Å². The smallest absolute Gasteiger partial charge is 0.0480 e. The molecule has 0 atom stereocenters. The van der Waals surface area contributed by atoms with Crippen molar-refractivity contribution < 1.29 is 0 Å². The lowest BCUT2D eigenvalue weighted by molar-refractivity contribution is 0.128. The van der Waals surface area contributed by atoms with Gasteiger partial charge in [0.05, 0.1) is 0 Å². The standard InChI is InChI=1S/C21H31N3/c1-22-12-9-20-6-5-19(15-21(20)22)17-24-13-7-18(8-14-24)16-23-10-3-2-4-11-23/h5-6,9,12,15,18H,2-4,7-8,10-11,13-14,16-17H2,1H3. The van der Waals surface area contributed by atoms with E-state index in [1.165, 1.54) is 81.3 Å². The molecule has 0 amide bonds. The molecule has 0 unspecified atom stereocenters. The molecule has 4 rings (SSSR count). The molecular weight excluding hydrogens is 294 g/mol. The SMILES string of the molecule is Cn1ccc2ccc(CN3CCC(CN4CCCCC4)CC3)cc21. The van der Waals surface area contributed by atoms with Crippen molar-refractivity contribution in [1.82, 2.24) is 14.4 Å². The Kier molecular flexibility index (Phi) is 4.91. The molecule has 0 N–H and O–H groups in total. The summed E-state index contributed by atoms with van der Waals surface area (Å²) in [6, 6.07) is 9.15. The van der Waals surface area contributed by atoms with Gasteiger partial charge in [0.25, 0.3) is 0 Å². The molecule has 3 heterocycles. The molecule has 0 aliphatic carbocycles. The second-order valence-corrected chi connectivity index (χ2v) is 7.90. The molecule has 0 spiro atoms. The Morgan fingerprint density at radius 2 is 1.71 bits per heavy atom. The average molecular weight is 326 g/mol. The molecule has 0 radical (unpaired) electrons. The van der Waals surface area contributed by atoms with Crippen LogP contribution >= 0.6 is 0 Å². The predicted octanol–water partition coefficient (Wildman–Crippen LogP) is 3.88. The van der Waals surface area contributed by atoms with Crippen LogP contribution in [0.3, 0.4) is 0 Å². The van der Waals surface area contributed by atoms with Crippen molar-refractivity contribution in [3.63, 3.8) is 0 Å². The maximum atomic E-state index is 2.72. The van der Waals surface area contributed by atoms with E-state index in [4.69, 9.17) is 0 Å². The van der Waals surface area contributed by atoms with Crippen LogP contribution in [0.1, 0.15) is 37.7 Å². The fourth-order valence-corrected chi connectivity index (χ4v) is 4.50. The van der Waals surface area contributed by atoms with Crippen LogP contribution in [0.25, 0.3) is 10.9 Å². The zero-order valence-electron chi connectivity index (χ0n) is 15.1. The van der Waals surface area contributed by atoms with Crippen LogP contribution in [-0.2, 0) is 13.6 Å². The number of hydrogen-bond donors (Lipinski definition) is 0. The van der Waals surface area contributed by atoms with Gasteiger partial charge >= 0.3 is 0 Å². The monoisotopic (exact) mass is 325 g/mol. The second-order valence-electron chi connectivity index (χ2n) is 7.90. The van der Waals surface area contributed by atoms with Crippen LogP contribution in [0.2, 0.25) is 0 Å². The molecule has 2 fully saturated rings. The number of nitrogens with zero attached hydrogens (tertiary/aromatic N) is 3. The zero-order valence-corrected chi connectivity index (χ0v) is 15.1. The molecule has 0 saturated carbocycles. The van der Waals surface area contributed by atoms with Gasteiger partial charge in [0.15, 0.2) is 0 Å². The minimum Gasteiger partial charge on any atom is -0.351 e. The van der Waals surface area contributed by atoms with Gasteiger partial charge in [0.2, 0.25) is 0 Å². The molecule has 3 nitrogen and oxygen atoms in total. The first kappa shape index (κ1) is 16.2. The van der Waals surface area contributed by atoms with Crippen molar-refractivity contribution >= 4 is 10.9 Å². The van der Waals surface area contributed by atoms with Gasteiger partial charge in [0.1, 0.15) is 0 Å². The highest BCUT2D eigenvalue weighted by Gasteiger charge is 2.22. The van der Waals surface area contributed by atoms with Crippen molar-refractivity contribution in [3.05, 3.63) is 36.0 Å². The molecular formula is C21H31N3. The molecule has 2 aromatic rings. The quantitative estimate of drug-likeness (QED) is 0.845. The number of rotatable bonds is 4. The molecule has 24 heavy (non-hydrogen) atoms. The van der Waals surface area contributed by atoms with Crippen molar-refractivity contribution in [2.24, 2.45) is 13.0 Å². The summed E-state index contributed by atoms with van der Waals surface area (Å²) in [6.45, 7) is 7.68. The number of aryl methyl sites for hydroxylation is 1. The topological polar surface area (TPSA) is 11.4 Å². The van der Waals surface area contributed by atoms with Gasteiger partial charge in [-0.05, 0) is 80.9 Å². The Bertz CT molecular complexity index is 661. The van der Waals surface area contributed by atoms with Crippen LogP contribution in [0.5, 0.6) is 0 Å². The average Bonchev–Trinajstić information content (AvgIpc) is 2.98. The molecule has 2 aliphatic heterocycles. The Hall–Kier alpha value is -1.32. The van der Waals surface area contributed by atoms with E-state index in [0.717, 1.165) is 12.5 Å². The van der Waals surface area contributed by atoms with Crippen LogP contribution in [0, 0.1) is 5.92 Å². The highest BCUT2D eigenvalue weighted by molar-refractivity contribution is 5.80. The first-order valence-corrected chi connectivity index (χ1v) is 9.76. The summed E-state index contributed by atoms with van der Waals surface area (Å²) < 4.78 is 2.23. The van der Waals surface area contributed by atoms with Crippen molar-refractivity contribution in [2.45, 2.75) is 38.6 Å². The highest BCUT2D eigenvalue weighted by atomic mass is 15.1. The van der Waals surface area contributed by atoms with Crippen LogP contribution in [0.4, 0.5) is 0 Å². The van der Waals surface area contributed by atoms with E-state index in [1.54, 1.807) is 0 Å². The van der Waals surface area contributed by atoms with Gasteiger partial charge in [-0.25, -0.2) is 0 Å². The fraction of sp³-hybridized carbons (Fsp3) is 0.619. The Labute approximate surface area is 146 Å². The second kappa shape index (κ2) is 7.28. The van der Waals surface area contributed by atoms with Crippen molar-refractivity contribution in [2.75, 3.05) is 32.7 Å². The van der Waals surface area contributed by atoms with E-state index in [2.05, 4.69) is 51.9 Å². The minimum absolute atomic E-state index is 0.926. The van der Waals surface area contributed by atoms with Gasteiger partial charge in [-0.2, -0.15) is 0 Å². The third-order valence-electron chi connectivity index (χ3n) is 6.03. The Morgan fingerprint density at radius 3 is 2.50 bits per heavy atom. The molecule has 0 bridgehead atoms. The summed E-state index contributed by atoms with van der Waals surface area (Å²) >= 11 is 0. The number of fused-ring (bicyclic) bond motifs is 1. The lowest BCUT2D eigenvalue weighted by Crippen LogP contribution is -2.40. The summed E-state index contributed by atoms with van der Waals surface area (Å²) in [5, 5.41) is 1.35. The van der Waals surface area contributed by atoms with E-state index in [0.29, 0.717) is 0 Å². The maximum absolute atomic E-state index is 2.72. The lowest BCUT2D eigenvalue weighted by atomic mass is 9.95. The van der Waals surface area contributed by atoms with Crippen LogP contribution < -0.4 is 0 Å². The highest BCUT2D eigenvalue weighted by Crippen LogP contribution is 2.23. The normalized spacial score (nSPS) is 21.5. The van der Waals surface area contributed by atoms with E-state index >= 15 is 0 Å². The molecule has 2 aliphatic rings. The third kappa shape index (κ3) is 3.68. The maximum Gasteiger partial charge on any atom is 0.0480 e. The Morgan fingerprint density at radius 1 is 0.917 bits per heavy atom. The van der Waals surface area contributed by atoms with Gasteiger partial charge in [0, 0.05) is 31.9 Å². The largest absolute Gasteiger partial charge is 0.351 e. The zero-order chi connectivity index (χ0) is 16.4. The summed E-state index contributed by atoms with van der Waals surface area (Å²) in [6.07, 6.45) is 9.19. The third-order valence-corrected chi connectivity index (χ3v) is 6.03. The number of hydrogen-bond acceptors (Lipinski definition) is 2. The number of aromatic nitrogens is 1. The first-order chi connectivity index (χ1) is 11.8. The molecule has 2 saturated heterocycles. The molecule has 130 valence electrons. The summed E-state index contributed by atoms with van der Waals surface area (Å²) in [4.78, 5) is 5.37. The number of benzene rings is 1. The Balaban J connectivity index is 1.29. The van der Waals surface area contributed by atoms with Crippen LogP contribution in [0.15, 0.2) is 30.5 Å². The van der Waals surface area contributed by atoms with Gasteiger partial charge in [-0.3, -0.25) is 4.90 Å². The van der Waals surface area contributed by atoms with E-state index in [1.807, 2.05) is 0 Å². The summed E-state index contributed by atoms with van der Waals surface area (Å²) in [5.41, 5.74) is 2.81. The van der Waals surface area contributed by atoms with E-state index in [9.17, 15) is 0 Å². The van der Waals surface area contributed by atoms with E-state index in [-0.39, 0.29) is 0 Å². The molecule has 1 aromatic carbocycles. The van der Waals surface area contributed by atoms with Gasteiger partial charge < -0.3 is 9.47 Å². The number of likely N-dealkylation sites (tertiary alicyclic amines) is 2. The van der Waals surface area contributed by atoms with Gasteiger partial charge in [-0.15, -0.1) is 0 Å². The molecule has 3 heteroatoms.